The van der Waals surface area contributed by atoms with Crippen LogP contribution < -0.4 is 4.90 Å². The topological polar surface area (TPSA) is 90.8 Å². The second-order valence-corrected chi connectivity index (χ2v) is 6.78. The van der Waals surface area contributed by atoms with Crippen molar-refractivity contribution in [3.8, 4) is 0 Å². The summed E-state index contributed by atoms with van der Waals surface area (Å²) in [7, 11) is -3.19. The Hall–Kier alpha value is -1.67. The van der Waals surface area contributed by atoms with Crippen molar-refractivity contribution in [2.75, 3.05) is 37.3 Å². The van der Waals surface area contributed by atoms with Crippen molar-refractivity contribution in [2.45, 2.75) is 6.92 Å². The highest BCUT2D eigenvalue weighted by molar-refractivity contribution is 7.88. The van der Waals surface area contributed by atoms with Crippen molar-refractivity contribution in [3.05, 3.63) is 23.5 Å². The fraction of sp³-hybridized carbons (Fsp3) is 0.500. The third-order valence-electron chi connectivity index (χ3n) is 3.30. The van der Waals surface area contributed by atoms with E-state index in [1.54, 1.807) is 13.0 Å². The number of hydrogen-bond acceptors (Lipinski definition) is 5. The van der Waals surface area contributed by atoms with Gasteiger partial charge in [0, 0.05) is 38.1 Å². The number of aromatic carboxylic acids is 1. The van der Waals surface area contributed by atoms with E-state index in [0.717, 1.165) is 5.69 Å². The molecule has 0 radical (unpaired) electrons. The average molecular weight is 299 g/mol. The van der Waals surface area contributed by atoms with Crippen molar-refractivity contribution in [1.29, 1.82) is 0 Å². The van der Waals surface area contributed by atoms with Gasteiger partial charge in [0.25, 0.3) is 0 Å². The molecule has 0 bridgehead atoms. The smallest absolute Gasteiger partial charge is 0.339 e. The molecular formula is C12H17N3O4S. The molecule has 20 heavy (non-hydrogen) atoms. The molecule has 1 saturated heterocycles. The molecule has 0 aromatic carbocycles. The number of nitrogens with zero attached hydrogens (tertiary/aromatic N) is 3. The van der Waals surface area contributed by atoms with Gasteiger partial charge in [-0.15, -0.1) is 0 Å². The van der Waals surface area contributed by atoms with Crippen LogP contribution >= 0.6 is 0 Å². The molecule has 0 unspecified atom stereocenters. The monoisotopic (exact) mass is 299 g/mol. The fourth-order valence-corrected chi connectivity index (χ4v) is 3.06. The molecular weight excluding hydrogens is 282 g/mol. The molecule has 0 saturated carbocycles. The van der Waals surface area contributed by atoms with Crippen molar-refractivity contribution < 1.29 is 18.3 Å². The van der Waals surface area contributed by atoms with Crippen LogP contribution in [0, 0.1) is 6.92 Å². The number of hydrogen-bond donors (Lipinski definition) is 1. The van der Waals surface area contributed by atoms with Gasteiger partial charge in [0.05, 0.1) is 11.9 Å². The van der Waals surface area contributed by atoms with Crippen molar-refractivity contribution >= 4 is 21.7 Å². The number of sulfonamides is 1. The molecule has 1 aromatic heterocycles. The highest BCUT2D eigenvalue weighted by atomic mass is 32.2. The highest BCUT2D eigenvalue weighted by Crippen LogP contribution is 2.23. The number of carboxylic acid groups (broad SMARTS) is 1. The summed E-state index contributed by atoms with van der Waals surface area (Å²) in [4.78, 5) is 17.1. The van der Waals surface area contributed by atoms with E-state index in [0.29, 0.717) is 31.9 Å². The Balaban J connectivity index is 2.22. The van der Waals surface area contributed by atoms with Gasteiger partial charge >= 0.3 is 5.97 Å². The van der Waals surface area contributed by atoms with Crippen LogP contribution in [-0.2, 0) is 10.0 Å². The molecule has 0 aliphatic carbocycles. The SMILES string of the molecule is Cc1cc(N2CCN(S(C)(=O)=O)CC2)c(C(=O)O)cn1. The maximum absolute atomic E-state index is 11.5. The Morgan fingerprint density at radius 3 is 2.40 bits per heavy atom. The van der Waals surface area contributed by atoms with E-state index < -0.39 is 16.0 Å². The zero-order valence-electron chi connectivity index (χ0n) is 11.4. The molecule has 0 atom stereocenters. The lowest BCUT2D eigenvalue weighted by atomic mass is 10.1. The second kappa shape index (κ2) is 5.37. The summed E-state index contributed by atoms with van der Waals surface area (Å²) in [6.45, 7) is 3.45. The molecule has 1 N–H and O–H groups in total. The Morgan fingerprint density at radius 1 is 1.30 bits per heavy atom. The predicted molar refractivity (Wildman–Crippen MR) is 74.6 cm³/mol. The molecule has 110 valence electrons. The lowest BCUT2D eigenvalue weighted by Gasteiger charge is -2.35. The third kappa shape index (κ3) is 3.07. The largest absolute Gasteiger partial charge is 0.478 e. The van der Waals surface area contributed by atoms with Crippen molar-refractivity contribution in [1.82, 2.24) is 9.29 Å². The zero-order chi connectivity index (χ0) is 14.9. The van der Waals surface area contributed by atoms with Crippen LogP contribution in [-0.4, -0.2) is 61.2 Å². The van der Waals surface area contributed by atoms with Gasteiger partial charge in [-0.25, -0.2) is 13.2 Å². The van der Waals surface area contributed by atoms with Gasteiger partial charge in [0.1, 0.15) is 5.56 Å². The molecule has 2 rings (SSSR count). The van der Waals surface area contributed by atoms with E-state index >= 15 is 0 Å². The minimum absolute atomic E-state index is 0.142. The van der Waals surface area contributed by atoms with E-state index in [1.165, 1.54) is 16.8 Å². The van der Waals surface area contributed by atoms with E-state index in [4.69, 9.17) is 0 Å². The summed E-state index contributed by atoms with van der Waals surface area (Å²) >= 11 is 0. The van der Waals surface area contributed by atoms with Gasteiger partial charge in [0.2, 0.25) is 10.0 Å². The van der Waals surface area contributed by atoms with Crippen LogP contribution in [0.1, 0.15) is 16.1 Å². The molecule has 0 spiro atoms. The Morgan fingerprint density at radius 2 is 1.90 bits per heavy atom. The quantitative estimate of drug-likeness (QED) is 0.855. The van der Waals surface area contributed by atoms with Crippen LogP contribution in [0.4, 0.5) is 5.69 Å². The molecule has 8 heteroatoms. The van der Waals surface area contributed by atoms with Crippen LogP contribution in [0.15, 0.2) is 12.3 Å². The zero-order valence-corrected chi connectivity index (χ0v) is 12.2. The number of piperazine rings is 1. The van der Waals surface area contributed by atoms with Gasteiger partial charge in [-0.3, -0.25) is 4.98 Å². The molecule has 1 aliphatic heterocycles. The Kier molecular flexibility index (Phi) is 3.96. The molecule has 1 aromatic rings. The maximum atomic E-state index is 11.5. The number of pyridine rings is 1. The van der Waals surface area contributed by atoms with Gasteiger partial charge in [-0.05, 0) is 13.0 Å². The standard InChI is InChI=1S/C12H17N3O4S/c1-9-7-11(10(8-13-9)12(16)17)14-3-5-15(6-4-14)20(2,18)19/h7-8H,3-6H2,1-2H3,(H,16,17). The van der Waals surface area contributed by atoms with E-state index in [2.05, 4.69) is 4.98 Å². The van der Waals surface area contributed by atoms with Crippen LogP contribution in [0.25, 0.3) is 0 Å². The fourth-order valence-electron chi connectivity index (χ4n) is 2.23. The van der Waals surface area contributed by atoms with E-state index in [1.807, 2.05) is 4.90 Å². The first-order chi connectivity index (χ1) is 9.29. The Bertz CT molecular complexity index is 622. The molecule has 2 heterocycles. The van der Waals surface area contributed by atoms with Gasteiger partial charge in [0.15, 0.2) is 0 Å². The van der Waals surface area contributed by atoms with Crippen LogP contribution in [0.2, 0.25) is 0 Å². The third-order valence-corrected chi connectivity index (χ3v) is 4.60. The number of anilines is 1. The van der Waals surface area contributed by atoms with Crippen molar-refractivity contribution in [2.24, 2.45) is 0 Å². The van der Waals surface area contributed by atoms with Crippen LogP contribution in [0.5, 0.6) is 0 Å². The van der Waals surface area contributed by atoms with E-state index in [9.17, 15) is 18.3 Å². The molecule has 0 amide bonds. The summed E-state index contributed by atoms with van der Waals surface area (Å²) in [6, 6.07) is 1.72. The summed E-state index contributed by atoms with van der Waals surface area (Å²) in [5.41, 5.74) is 1.47. The normalized spacial score (nSPS) is 17.2. The predicted octanol–water partition coefficient (Wildman–Crippen LogP) is 0.170. The summed E-state index contributed by atoms with van der Waals surface area (Å²) in [5, 5.41) is 9.20. The van der Waals surface area contributed by atoms with Crippen LogP contribution in [0.3, 0.4) is 0 Å². The van der Waals surface area contributed by atoms with Crippen molar-refractivity contribution in [3.63, 3.8) is 0 Å². The first-order valence-corrected chi connectivity index (χ1v) is 8.04. The van der Waals surface area contributed by atoms with Gasteiger partial charge in [-0.1, -0.05) is 0 Å². The molecule has 1 aliphatic rings. The summed E-state index contributed by atoms with van der Waals surface area (Å²) < 4.78 is 24.3. The Labute approximate surface area is 117 Å². The highest BCUT2D eigenvalue weighted by Gasteiger charge is 2.25. The van der Waals surface area contributed by atoms with Gasteiger partial charge in [-0.2, -0.15) is 4.31 Å². The van der Waals surface area contributed by atoms with E-state index in [-0.39, 0.29) is 5.56 Å². The minimum Gasteiger partial charge on any atom is -0.478 e. The number of aryl methyl sites for hydroxylation is 1. The number of aromatic nitrogens is 1. The summed E-state index contributed by atoms with van der Waals surface area (Å²) in [5.74, 6) is -1.03. The number of carboxylic acids is 1. The minimum atomic E-state index is -3.19. The maximum Gasteiger partial charge on any atom is 0.339 e. The first-order valence-electron chi connectivity index (χ1n) is 6.19. The second-order valence-electron chi connectivity index (χ2n) is 4.80. The summed E-state index contributed by atoms with van der Waals surface area (Å²) in [6.07, 6.45) is 2.53. The van der Waals surface area contributed by atoms with Gasteiger partial charge < -0.3 is 10.0 Å². The molecule has 7 nitrogen and oxygen atoms in total. The molecule has 1 fully saturated rings. The number of carbonyl (C=O) groups is 1. The lowest BCUT2D eigenvalue weighted by Crippen LogP contribution is -2.48. The number of rotatable bonds is 3. The lowest BCUT2D eigenvalue weighted by molar-refractivity contribution is 0.0697. The first kappa shape index (κ1) is 14.7. The average Bonchev–Trinajstić information content (AvgIpc) is 2.37.